The summed E-state index contributed by atoms with van der Waals surface area (Å²) in [5, 5.41) is 0. The summed E-state index contributed by atoms with van der Waals surface area (Å²) < 4.78 is 5.70. The van der Waals surface area contributed by atoms with Crippen LogP contribution in [0.3, 0.4) is 0 Å². The number of carbonyl (C=O) groups is 2. The molecule has 148 valence electrons. The highest BCUT2D eigenvalue weighted by molar-refractivity contribution is 5.94. The molecule has 2 atom stereocenters. The van der Waals surface area contributed by atoms with Crippen molar-refractivity contribution >= 4 is 11.8 Å². The van der Waals surface area contributed by atoms with Crippen molar-refractivity contribution in [2.24, 2.45) is 0 Å². The zero-order valence-electron chi connectivity index (χ0n) is 16.7. The van der Waals surface area contributed by atoms with Crippen molar-refractivity contribution in [2.45, 2.75) is 39.4 Å². The Bertz CT molecular complexity index is 643. The SMILES string of the molecule is CCc1ccc(C(=O)N2CCN(CC(=O)N3CC(C)OC(C)C3)CC2)cc1. The van der Waals surface area contributed by atoms with Crippen LogP contribution in [-0.4, -0.2) is 84.5 Å². The summed E-state index contributed by atoms with van der Waals surface area (Å²) in [5.74, 6) is 0.242. The standard InChI is InChI=1S/C21H31N3O3/c1-4-18-5-7-19(8-6-18)21(26)23-11-9-22(10-12-23)15-20(25)24-13-16(2)27-17(3)14-24/h5-8,16-17H,4,9-15H2,1-3H3. The van der Waals surface area contributed by atoms with Crippen LogP contribution in [0.1, 0.15) is 36.7 Å². The predicted octanol–water partition coefficient (Wildman–Crippen LogP) is 1.64. The maximum atomic E-state index is 12.7. The quantitative estimate of drug-likeness (QED) is 0.805. The van der Waals surface area contributed by atoms with E-state index in [9.17, 15) is 9.59 Å². The lowest BCUT2D eigenvalue weighted by Crippen LogP contribution is -2.54. The highest BCUT2D eigenvalue weighted by Crippen LogP contribution is 2.13. The summed E-state index contributed by atoms with van der Waals surface area (Å²) in [6.45, 7) is 10.7. The normalized spacial score (nSPS) is 24.1. The van der Waals surface area contributed by atoms with Gasteiger partial charge in [-0.05, 0) is 38.0 Å². The Balaban J connectivity index is 1.48. The molecule has 6 nitrogen and oxygen atoms in total. The molecule has 27 heavy (non-hydrogen) atoms. The van der Waals surface area contributed by atoms with Gasteiger partial charge in [0.2, 0.25) is 5.91 Å². The predicted molar refractivity (Wildman–Crippen MR) is 105 cm³/mol. The number of ether oxygens (including phenoxy) is 1. The second kappa shape index (κ2) is 8.85. The molecule has 0 spiro atoms. The van der Waals surface area contributed by atoms with Crippen molar-refractivity contribution < 1.29 is 14.3 Å². The molecule has 2 amide bonds. The second-order valence-corrected chi connectivity index (χ2v) is 7.67. The summed E-state index contributed by atoms with van der Waals surface area (Å²) in [4.78, 5) is 31.2. The Labute approximate surface area is 162 Å². The first-order chi connectivity index (χ1) is 13.0. The van der Waals surface area contributed by atoms with Crippen LogP contribution in [0.2, 0.25) is 0 Å². The van der Waals surface area contributed by atoms with Gasteiger partial charge in [0.05, 0.1) is 18.8 Å². The monoisotopic (exact) mass is 373 g/mol. The van der Waals surface area contributed by atoms with Gasteiger partial charge in [-0.15, -0.1) is 0 Å². The lowest BCUT2D eigenvalue weighted by Gasteiger charge is -2.38. The van der Waals surface area contributed by atoms with Crippen molar-refractivity contribution in [1.29, 1.82) is 0 Å². The first kappa shape index (κ1) is 19.8. The van der Waals surface area contributed by atoms with Crippen LogP contribution < -0.4 is 0 Å². The smallest absolute Gasteiger partial charge is 0.253 e. The number of benzene rings is 1. The van der Waals surface area contributed by atoms with Crippen LogP contribution >= 0.6 is 0 Å². The summed E-state index contributed by atoms with van der Waals surface area (Å²) in [6, 6.07) is 7.87. The van der Waals surface area contributed by atoms with Crippen molar-refractivity contribution in [1.82, 2.24) is 14.7 Å². The molecule has 0 saturated carbocycles. The van der Waals surface area contributed by atoms with Gasteiger partial charge in [0, 0.05) is 44.8 Å². The molecular weight excluding hydrogens is 342 g/mol. The fraction of sp³-hybridized carbons (Fsp3) is 0.619. The third-order valence-electron chi connectivity index (χ3n) is 5.40. The number of nitrogens with zero attached hydrogens (tertiary/aromatic N) is 3. The molecule has 2 aliphatic heterocycles. The summed E-state index contributed by atoms with van der Waals surface area (Å²) >= 11 is 0. The number of aryl methyl sites for hydroxylation is 1. The fourth-order valence-corrected chi connectivity index (χ4v) is 3.85. The minimum atomic E-state index is 0.0828. The Morgan fingerprint density at radius 1 is 0.963 bits per heavy atom. The maximum absolute atomic E-state index is 12.7. The van der Waals surface area contributed by atoms with E-state index in [1.54, 1.807) is 0 Å². The Kier molecular flexibility index (Phi) is 6.50. The molecule has 2 fully saturated rings. The highest BCUT2D eigenvalue weighted by atomic mass is 16.5. The van der Waals surface area contributed by atoms with E-state index in [-0.39, 0.29) is 24.0 Å². The fourth-order valence-electron chi connectivity index (χ4n) is 3.85. The van der Waals surface area contributed by atoms with Crippen LogP contribution in [0.4, 0.5) is 0 Å². The second-order valence-electron chi connectivity index (χ2n) is 7.67. The van der Waals surface area contributed by atoms with Crippen molar-refractivity contribution in [3.63, 3.8) is 0 Å². The van der Waals surface area contributed by atoms with Gasteiger partial charge in [-0.2, -0.15) is 0 Å². The summed E-state index contributed by atoms with van der Waals surface area (Å²) in [5.41, 5.74) is 1.98. The van der Waals surface area contributed by atoms with E-state index in [2.05, 4.69) is 11.8 Å². The molecule has 0 N–H and O–H groups in total. The van der Waals surface area contributed by atoms with Crippen LogP contribution in [-0.2, 0) is 16.0 Å². The number of hydrogen-bond acceptors (Lipinski definition) is 4. The van der Waals surface area contributed by atoms with Crippen LogP contribution in [0, 0.1) is 0 Å². The van der Waals surface area contributed by atoms with Crippen LogP contribution in [0.5, 0.6) is 0 Å². The highest BCUT2D eigenvalue weighted by Gasteiger charge is 2.28. The molecule has 1 aromatic carbocycles. The summed E-state index contributed by atoms with van der Waals surface area (Å²) in [7, 11) is 0. The van der Waals surface area contributed by atoms with Gasteiger partial charge < -0.3 is 14.5 Å². The first-order valence-electron chi connectivity index (χ1n) is 10.00. The number of rotatable bonds is 4. The minimum absolute atomic E-state index is 0.0828. The number of piperazine rings is 1. The Morgan fingerprint density at radius 3 is 2.11 bits per heavy atom. The maximum Gasteiger partial charge on any atom is 0.253 e. The van der Waals surface area contributed by atoms with E-state index in [0.717, 1.165) is 25.1 Å². The molecule has 6 heteroatoms. The van der Waals surface area contributed by atoms with E-state index in [4.69, 9.17) is 4.74 Å². The number of carbonyl (C=O) groups excluding carboxylic acids is 2. The average molecular weight is 373 g/mol. The van der Waals surface area contributed by atoms with Gasteiger partial charge in [-0.1, -0.05) is 19.1 Å². The van der Waals surface area contributed by atoms with Gasteiger partial charge >= 0.3 is 0 Å². The first-order valence-corrected chi connectivity index (χ1v) is 10.00. The third kappa shape index (κ3) is 5.08. The molecule has 0 aromatic heterocycles. The number of hydrogen-bond donors (Lipinski definition) is 0. The number of morpholine rings is 1. The minimum Gasteiger partial charge on any atom is -0.372 e. The van der Waals surface area contributed by atoms with E-state index in [1.165, 1.54) is 5.56 Å². The molecule has 2 heterocycles. The third-order valence-corrected chi connectivity index (χ3v) is 5.40. The largest absolute Gasteiger partial charge is 0.372 e. The van der Waals surface area contributed by atoms with Crippen LogP contribution in [0.25, 0.3) is 0 Å². The van der Waals surface area contributed by atoms with Crippen molar-refractivity contribution in [2.75, 3.05) is 45.8 Å². The van der Waals surface area contributed by atoms with E-state index >= 15 is 0 Å². The van der Waals surface area contributed by atoms with Gasteiger partial charge in [0.25, 0.3) is 5.91 Å². The Morgan fingerprint density at radius 2 is 1.56 bits per heavy atom. The number of amides is 2. The molecule has 1 aromatic rings. The average Bonchev–Trinajstić information content (AvgIpc) is 2.67. The Hall–Kier alpha value is -1.92. The van der Waals surface area contributed by atoms with Crippen molar-refractivity contribution in [3.05, 3.63) is 35.4 Å². The van der Waals surface area contributed by atoms with E-state index in [1.807, 2.05) is 47.9 Å². The molecule has 0 bridgehead atoms. The van der Waals surface area contributed by atoms with E-state index < -0.39 is 0 Å². The molecule has 2 unspecified atom stereocenters. The molecule has 2 aliphatic rings. The topological polar surface area (TPSA) is 53.1 Å². The lowest BCUT2D eigenvalue weighted by atomic mass is 10.1. The molecule has 3 rings (SSSR count). The van der Waals surface area contributed by atoms with E-state index in [0.29, 0.717) is 32.7 Å². The van der Waals surface area contributed by atoms with Crippen molar-refractivity contribution in [3.8, 4) is 0 Å². The molecule has 2 saturated heterocycles. The van der Waals surface area contributed by atoms with Gasteiger partial charge in [-0.3, -0.25) is 14.5 Å². The summed E-state index contributed by atoms with van der Waals surface area (Å²) in [6.07, 6.45) is 1.15. The van der Waals surface area contributed by atoms with Gasteiger partial charge in [-0.25, -0.2) is 0 Å². The zero-order valence-corrected chi connectivity index (χ0v) is 16.7. The zero-order chi connectivity index (χ0) is 19.4. The lowest BCUT2D eigenvalue weighted by molar-refractivity contribution is -0.144. The molecule has 0 radical (unpaired) electrons. The van der Waals surface area contributed by atoms with Gasteiger partial charge in [0.1, 0.15) is 0 Å². The van der Waals surface area contributed by atoms with Crippen LogP contribution in [0.15, 0.2) is 24.3 Å². The molecular formula is C21H31N3O3. The molecule has 0 aliphatic carbocycles. The van der Waals surface area contributed by atoms with Gasteiger partial charge in [0.15, 0.2) is 0 Å².